The third-order valence-corrected chi connectivity index (χ3v) is 12.6. The van der Waals surface area contributed by atoms with E-state index < -0.39 is 5.60 Å². The van der Waals surface area contributed by atoms with Crippen LogP contribution in [0.3, 0.4) is 0 Å². The Balaban J connectivity index is 1.23. The van der Waals surface area contributed by atoms with Crippen LogP contribution in [-0.2, 0) is 19.1 Å². The van der Waals surface area contributed by atoms with Crippen molar-refractivity contribution in [2.24, 2.45) is 46.3 Å². The van der Waals surface area contributed by atoms with Crippen LogP contribution in [0.2, 0.25) is 0 Å². The van der Waals surface area contributed by atoms with Crippen LogP contribution in [0, 0.1) is 46.3 Å². The van der Waals surface area contributed by atoms with Crippen molar-refractivity contribution in [2.75, 3.05) is 19.8 Å². The van der Waals surface area contributed by atoms with E-state index in [-0.39, 0.29) is 42.8 Å². The van der Waals surface area contributed by atoms with Crippen LogP contribution >= 0.6 is 0 Å². The van der Waals surface area contributed by atoms with E-state index in [4.69, 9.17) is 9.47 Å². The number of fused-ring (bicyclic) bond motifs is 5. The summed E-state index contributed by atoms with van der Waals surface area (Å²) in [6.07, 6.45) is 17.2. The van der Waals surface area contributed by atoms with Crippen molar-refractivity contribution in [2.45, 2.75) is 150 Å². The van der Waals surface area contributed by atoms with Crippen molar-refractivity contribution in [1.82, 2.24) is 5.32 Å². The minimum Gasteiger partial charge on any atom is -0.462 e. The van der Waals surface area contributed by atoms with Crippen LogP contribution in [-0.4, -0.2) is 48.4 Å². The molecule has 4 rings (SSSR count). The molecule has 0 saturated heterocycles. The van der Waals surface area contributed by atoms with Crippen molar-refractivity contribution in [1.29, 1.82) is 0 Å². The Hall–Kier alpha value is -1.40. The highest BCUT2D eigenvalue weighted by molar-refractivity contribution is 5.81. The molecule has 6 nitrogen and oxygen atoms in total. The second-order valence-corrected chi connectivity index (χ2v) is 16.6. The second-order valence-electron chi connectivity index (χ2n) is 16.6. The standard InChI is InChI=1S/C38H65NO5/c1-26(2)10-8-11-27(3)31-14-15-32-30-13-12-28-24-29(18-20-37(28,6)33(30)19-21-38(31,32)7)44-35(42)17-16-34(41)39-22-9-23-43-36(4,5)25-40/h12,26-27,29-33,40H,8-11,13-25H2,1-7H3,(H,39,41)/t27?,29-,30-,31?,32-,33-,37-,38+/m0/s1. The Morgan fingerprint density at radius 1 is 1.02 bits per heavy atom. The minimum absolute atomic E-state index is 0.0430. The molecule has 0 bridgehead atoms. The van der Waals surface area contributed by atoms with Gasteiger partial charge in [0.25, 0.3) is 0 Å². The number of ether oxygens (including phenoxy) is 2. The van der Waals surface area contributed by atoms with E-state index in [1.807, 2.05) is 13.8 Å². The third kappa shape index (κ3) is 8.30. The number of rotatable bonds is 15. The van der Waals surface area contributed by atoms with Gasteiger partial charge in [-0.25, -0.2) is 0 Å². The fourth-order valence-electron chi connectivity index (χ4n) is 10.00. The molecule has 2 unspecified atom stereocenters. The summed E-state index contributed by atoms with van der Waals surface area (Å²) in [7, 11) is 0. The fourth-order valence-corrected chi connectivity index (χ4v) is 10.00. The number of carbonyl (C=O) groups is 2. The summed E-state index contributed by atoms with van der Waals surface area (Å²) in [5.41, 5.74) is 1.71. The lowest BCUT2D eigenvalue weighted by Crippen LogP contribution is -2.51. The third-order valence-electron chi connectivity index (χ3n) is 12.6. The number of aliphatic hydroxyl groups excluding tert-OH is 1. The molecule has 0 spiro atoms. The molecule has 0 aliphatic heterocycles. The summed E-state index contributed by atoms with van der Waals surface area (Å²) in [4.78, 5) is 24.9. The predicted molar refractivity (Wildman–Crippen MR) is 177 cm³/mol. The molecular formula is C38H65NO5. The first-order valence-corrected chi connectivity index (χ1v) is 18.2. The first-order chi connectivity index (χ1) is 20.8. The van der Waals surface area contributed by atoms with Crippen molar-refractivity contribution < 1.29 is 24.2 Å². The number of aliphatic hydroxyl groups is 1. The molecule has 0 radical (unpaired) electrons. The monoisotopic (exact) mass is 615 g/mol. The van der Waals surface area contributed by atoms with Gasteiger partial charge in [-0.15, -0.1) is 0 Å². The van der Waals surface area contributed by atoms with Gasteiger partial charge in [-0.05, 0) is 112 Å². The average molecular weight is 616 g/mol. The quantitative estimate of drug-likeness (QED) is 0.111. The van der Waals surface area contributed by atoms with Gasteiger partial charge >= 0.3 is 5.97 Å². The molecule has 3 saturated carbocycles. The zero-order chi connectivity index (χ0) is 32.1. The highest BCUT2D eigenvalue weighted by Gasteiger charge is 2.59. The van der Waals surface area contributed by atoms with Gasteiger partial charge in [0, 0.05) is 26.0 Å². The Kier molecular flexibility index (Phi) is 12.1. The van der Waals surface area contributed by atoms with Gasteiger partial charge in [-0.2, -0.15) is 0 Å². The number of nitrogens with one attached hydrogen (secondary N) is 1. The first kappa shape index (κ1) is 35.5. The van der Waals surface area contributed by atoms with E-state index in [9.17, 15) is 14.7 Å². The number of hydrogen-bond donors (Lipinski definition) is 2. The van der Waals surface area contributed by atoms with E-state index in [0.717, 1.165) is 54.8 Å². The predicted octanol–water partition coefficient (Wildman–Crippen LogP) is 8.01. The number of hydrogen-bond acceptors (Lipinski definition) is 5. The molecule has 4 aliphatic carbocycles. The van der Waals surface area contributed by atoms with Crippen LogP contribution < -0.4 is 5.32 Å². The average Bonchev–Trinajstić information content (AvgIpc) is 3.33. The van der Waals surface area contributed by atoms with Gasteiger partial charge in [-0.1, -0.05) is 65.5 Å². The summed E-state index contributed by atoms with van der Waals surface area (Å²) in [5, 5.41) is 12.1. The van der Waals surface area contributed by atoms with E-state index in [1.54, 1.807) is 0 Å². The molecule has 3 fully saturated rings. The molecule has 8 atom stereocenters. The van der Waals surface area contributed by atoms with Crippen molar-refractivity contribution >= 4 is 11.9 Å². The van der Waals surface area contributed by atoms with Gasteiger partial charge in [0.15, 0.2) is 0 Å². The topological polar surface area (TPSA) is 84.9 Å². The van der Waals surface area contributed by atoms with E-state index in [2.05, 4.69) is 46.0 Å². The summed E-state index contributed by atoms with van der Waals surface area (Å²) in [6.45, 7) is 17.0. The highest BCUT2D eigenvalue weighted by Crippen LogP contribution is 2.67. The maximum absolute atomic E-state index is 12.7. The molecule has 0 heterocycles. The Labute approximate surface area is 268 Å². The molecule has 0 aromatic heterocycles. The maximum Gasteiger partial charge on any atom is 0.306 e. The zero-order valence-corrected chi connectivity index (χ0v) is 29.2. The van der Waals surface area contributed by atoms with Crippen molar-refractivity contribution in [3.63, 3.8) is 0 Å². The van der Waals surface area contributed by atoms with Gasteiger partial charge < -0.3 is 19.9 Å². The molecule has 4 aliphatic rings. The molecule has 252 valence electrons. The Bertz CT molecular complexity index is 1010. The number of amides is 1. The SMILES string of the molecule is CC(C)CCCC(C)C1CC[C@H]2[C@@H]3CC=C4C[C@@H](OC(=O)CCC(=O)NCCCOC(C)(C)CO)CC[C@]4(C)[C@H]3CC[C@]12C. The number of allylic oxidation sites excluding steroid dienone is 1. The van der Waals surface area contributed by atoms with Crippen molar-refractivity contribution in [3.8, 4) is 0 Å². The lowest BCUT2D eigenvalue weighted by molar-refractivity contribution is -0.152. The minimum atomic E-state index is -0.567. The van der Waals surface area contributed by atoms with E-state index in [0.29, 0.717) is 25.0 Å². The molecular weight excluding hydrogens is 550 g/mol. The van der Waals surface area contributed by atoms with Crippen LogP contribution in [0.4, 0.5) is 0 Å². The molecule has 44 heavy (non-hydrogen) atoms. The van der Waals surface area contributed by atoms with Crippen molar-refractivity contribution in [3.05, 3.63) is 11.6 Å². The van der Waals surface area contributed by atoms with E-state index >= 15 is 0 Å². The van der Waals surface area contributed by atoms with Crippen LogP contribution in [0.1, 0.15) is 138 Å². The van der Waals surface area contributed by atoms with Gasteiger partial charge in [0.05, 0.1) is 18.6 Å². The zero-order valence-electron chi connectivity index (χ0n) is 29.2. The van der Waals surface area contributed by atoms with Gasteiger partial charge in [0.2, 0.25) is 5.91 Å². The largest absolute Gasteiger partial charge is 0.462 e. The van der Waals surface area contributed by atoms with Crippen LogP contribution in [0.25, 0.3) is 0 Å². The van der Waals surface area contributed by atoms with Gasteiger partial charge in [0.1, 0.15) is 6.10 Å². The van der Waals surface area contributed by atoms with Gasteiger partial charge in [-0.3, -0.25) is 9.59 Å². The molecule has 6 heteroatoms. The molecule has 2 N–H and O–H groups in total. The summed E-state index contributed by atoms with van der Waals surface area (Å²) < 4.78 is 11.5. The second kappa shape index (κ2) is 15.0. The number of esters is 1. The smallest absolute Gasteiger partial charge is 0.306 e. The van der Waals surface area contributed by atoms with Crippen LogP contribution in [0.5, 0.6) is 0 Å². The first-order valence-electron chi connectivity index (χ1n) is 18.2. The maximum atomic E-state index is 12.7. The fraction of sp³-hybridized carbons (Fsp3) is 0.895. The normalized spacial score (nSPS) is 34.0. The summed E-state index contributed by atoms with van der Waals surface area (Å²) in [6, 6.07) is 0. The Morgan fingerprint density at radius 2 is 1.80 bits per heavy atom. The molecule has 0 aromatic carbocycles. The molecule has 1 amide bonds. The number of carbonyl (C=O) groups excluding carboxylic acids is 2. The van der Waals surface area contributed by atoms with Crippen LogP contribution in [0.15, 0.2) is 11.6 Å². The molecule has 0 aromatic rings. The Morgan fingerprint density at radius 3 is 2.52 bits per heavy atom. The highest BCUT2D eigenvalue weighted by atomic mass is 16.5. The lowest BCUT2D eigenvalue weighted by Gasteiger charge is -2.58. The summed E-state index contributed by atoms with van der Waals surface area (Å²) in [5.74, 6) is 4.56. The lowest BCUT2D eigenvalue weighted by atomic mass is 9.47. The van der Waals surface area contributed by atoms with E-state index in [1.165, 1.54) is 56.9 Å². The summed E-state index contributed by atoms with van der Waals surface area (Å²) >= 11 is 0.